The van der Waals surface area contributed by atoms with Crippen molar-refractivity contribution in [1.29, 1.82) is 0 Å². The monoisotopic (exact) mass is 261 g/mol. The number of anilines is 1. The minimum Gasteiger partial charge on any atom is -0.390 e. The smallest absolute Gasteiger partial charge is 0.319 e. The average molecular weight is 261 g/mol. The lowest BCUT2D eigenvalue weighted by molar-refractivity contribution is 0.0870. The lowest BCUT2D eigenvalue weighted by atomic mass is 10.1. The summed E-state index contributed by atoms with van der Waals surface area (Å²) >= 11 is 0. The number of aryl methyl sites for hydroxylation is 2. The normalized spacial score (nSPS) is 17.6. The van der Waals surface area contributed by atoms with Crippen molar-refractivity contribution in [3.63, 3.8) is 0 Å². The molecule has 1 heterocycles. The molecule has 0 fully saturated rings. The highest BCUT2D eigenvalue weighted by Gasteiger charge is 2.18. The number of oxime groups is 1. The fraction of sp³-hybridized carbons (Fsp3) is 0.429. The summed E-state index contributed by atoms with van der Waals surface area (Å²) in [6.45, 7) is 6.33. The van der Waals surface area contributed by atoms with Crippen LogP contribution in [0.1, 0.15) is 24.5 Å². The molecule has 0 aliphatic carbocycles. The second kappa shape index (κ2) is 5.73. The molecule has 1 aliphatic rings. The molecule has 1 aliphatic heterocycles. The van der Waals surface area contributed by atoms with Gasteiger partial charge >= 0.3 is 6.03 Å². The van der Waals surface area contributed by atoms with Crippen LogP contribution in [0, 0.1) is 13.8 Å². The molecule has 0 unspecified atom stereocenters. The number of urea groups is 1. The van der Waals surface area contributed by atoms with E-state index < -0.39 is 0 Å². The molecule has 1 aromatic rings. The molecule has 0 saturated heterocycles. The standard InChI is InChI=1S/C14H19N3O2/c1-9-4-5-10(2)13(6-9)16-14(18)15-8-12-7-11(3)17-19-12/h4-6,12H,7-8H2,1-3H3,(H2,15,16,18)/t12-/m0/s1. The number of carbonyl (C=O) groups is 1. The summed E-state index contributed by atoms with van der Waals surface area (Å²) < 4.78 is 0. The Morgan fingerprint density at radius 3 is 2.89 bits per heavy atom. The summed E-state index contributed by atoms with van der Waals surface area (Å²) in [6.07, 6.45) is 0.716. The summed E-state index contributed by atoms with van der Waals surface area (Å²) in [5.74, 6) is 0. The van der Waals surface area contributed by atoms with Crippen molar-refractivity contribution in [3.8, 4) is 0 Å². The van der Waals surface area contributed by atoms with Crippen LogP contribution in [0.2, 0.25) is 0 Å². The number of nitrogens with one attached hydrogen (secondary N) is 2. The third-order valence-corrected chi connectivity index (χ3v) is 3.01. The van der Waals surface area contributed by atoms with Crippen molar-refractivity contribution in [1.82, 2.24) is 5.32 Å². The van der Waals surface area contributed by atoms with Crippen LogP contribution >= 0.6 is 0 Å². The average Bonchev–Trinajstić information content (AvgIpc) is 2.77. The zero-order valence-corrected chi connectivity index (χ0v) is 11.5. The van der Waals surface area contributed by atoms with Crippen LogP contribution in [0.4, 0.5) is 10.5 Å². The molecule has 2 rings (SSSR count). The SMILES string of the molecule is CC1=NO[C@H](CNC(=O)Nc2cc(C)ccc2C)C1. The largest absolute Gasteiger partial charge is 0.390 e. The maximum atomic E-state index is 11.8. The van der Waals surface area contributed by atoms with Gasteiger partial charge in [-0.05, 0) is 38.0 Å². The molecule has 5 nitrogen and oxygen atoms in total. The first-order chi connectivity index (χ1) is 9.04. The summed E-state index contributed by atoms with van der Waals surface area (Å²) in [5, 5.41) is 9.49. The Morgan fingerprint density at radius 2 is 2.21 bits per heavy atom. The van der Waals surface area contributed by atoms with Gasteiger partial charge in [-0.15, -0.1) is 0 Å². The molecule has 0 spiro atoms. The number of rotatable bonds is 3. The summed E-state index contributed by atoms with van der Waals surface area (Å²) in [7, 11) is 0. The molecular weight excluding hydrogens is 242 g/mol. The lowest BCUT2D eigenvalue weighted by Crippen LogP contribution is -2.35. The van der Waals surface area contributed by atoms with E-state index in [1.54, 1.807) is 0 Å². The Balaban J connectivity index is 1.83. The molecule has 5 heteroatoms. The Morgan fingerprint density at radius 1 is 1.42 bits per heavy atom. The number of hydrogen-bond acceptors (Lipinski definition) is 3. The Kier molecular flexibility index (Phi) is 4.04. The lowest BCUT2D eigenvalue weighted by Gasteiger charge is -2.12. The van der Waals surface area contributed by atoms with Crippen LogP contribution in [0.15, 0.2) is 23.4 Å². The van der Waals surface area contributed by atoms with Crippen molar-refractivity contribution in [2.24, 2.45) is 5.16 Å². The van der Waals surface area contributed by atoms with E-state index in [0.29, 0.717) is 6.54 Å². The van der Waals surface area contributed by atoms with E-state index in [1.807, 2.05) is 39.0 Å². The van der Waals surface area contributed by atoms with Gasteiger partial charge in [-0.25, -0.2) is 4.79 Å². The third kappa shape index (κ3) is 3.71. The van der Waals surface area contributed by atoms with E-state index in [0.717, 1.165) is 28.9 Å². The first kappa shape index (κ1) is 13.4. The summed E-state index contributed by atoms with van der Waals surface area (Å²) in [5.41, 5.74) is 3.94. The number of benzene rings is 1. The second-order valence-corrected chi connectivity index (χ2v) is 4.91. The number of carbonyl (C=O) groups excluding carboxylic acids is 1. The molecule has 2 N–H and O–H groups in total. The van der Waals surface area contributed by atoms with E-state index in [-0.39, 0.29) is 12.1 Å². The molecule has 0 bridgehead atoms. The van der Waals surface area contributed by atoms with Gasteiger partial charge in [0.25, 0.3) is 0 Å². The van der Waals surface area contributed by atoms with E-state index in [4.69, 9.17) is 4.84 Å². The molecule has 1 atom stereocenters. The zero-order valence-electron chi connectivity index (χ0n) is 11.5. The van der Waals surface area contributed by atoms with Crippen molar-refractivity contribution < 1.29 is 9.63 Å². The van der Waals surface area contributed by atoms with E-state index in [2.05, 4.69) is 15.8 Å². The van der Waals surface area contributed by atoms with Gasteiger partial charge in [-0.3, -0.25) is 0 Å². The van der Waals surface area contributed by atoms with Crippen molar-refractivity contribution in [2.75, 3.05) is 11.9 Å². The van der Waals surface area contributed by atoms with Gasteiger partial charge in [-0.2, -0.15) is 0 Å². The molecule has 102 valence electrons. The number of nitrogens with zero attached hydrogens (tertiary/aromatic N) is 1. The fourth-order valence-electron chi connectivity index (χ4n) is 1.92. The molecule has 0 radical (unpaired) electrons. The van der Waals surface area contributed by atoms with E-state index in [1.165, 1.54) is 0 Å². The highest BCUT2D eigenvalue weighted by atomic mass is 16.6. The van der Waals surface area contributed by atoms with Gasteiger partial charge < -0.3 is 15.5 Å². The van der Waals surface area contributed by atoms with Gasteiger partial charge in [0.05, 0.1) is 12.3 Å². The summed E-state index contributed by atoms with van der Waals surface area (Å²) in [4.78, 5) is 17.0. The van der Waals surface area contributed by atoms with Gasteiger partial charge in [0.15, 0.2) is 0 Å². The molecule has 0 saturated carbocycles. The highest BCUT2D eigenvalue weighted by Crippen LogP contribution is 2.16. The quantitative estimate of drug-likeness (QED) is 0.878. The van der Waals surface area contributed by atoms with E-state index >= 15 is 0 Å². The Labute approximate surface area is 113 Å². The summed E-state index contributed by atoms with van der Waals surface area (Å²) in [6, 6.07) is 5.74. The Hall–Kier alpha value is -2.04. The molecule has 1 aromatic carbocycles. The minimum absolute atomic E-state index is 0.0515. The van der Waals surface area contributed by atoms with Crippen LogP contribution in [-0.4, -0.2) is 24.4 Å². The van der Waals surface area contributed by atoms with Crippen LogP contribution in [0.5, 0.6) is 0 Å². The number of amides is 2. The molecule has 2 amide bonds. The Bertz CT molecular complexity index is 511. The van der Waals surface area contributed by atoms with Crippen molar-refractivity contribution in [2.45, 2.75) is 33.3 Å². The molecule has 0 aromatic heterocycles. The molecular formula is C14H19N3O2. The first-order valence-corrected chi connectivity index (χ1v) is 6.36. The topological polar surface area (TPSA) is 62.7 Å². The van der Waals surface area contributed by atoms with Gasteiger partial charge in [0, 0.05) is 12.1 Å². The first-order valence-electron chi connectivity index (χ1n) is 6.36. The fourth-order valence-corrected chi connectivity index (χ4v) is 1.92. The third-order valence-electron chi connectivity index (χ3n) is 3.01. The van der Waals surface area contributed by atoms with Crippen LogP contribution in [0.3, 0.4) is 0 Å². The maximum absolute atomic E-state index is 11.8. The van der Waals surface area contributed by atoms with Gasteiger partial charge in [0.1, 0.15) is 6.10 Å². The van der Waals surface area contributed by atoms with Crippen LogP contribution < -0.4 is 10.6 Å². The maximum Gasteiger partial charge on any atom is 0.319 e. The number of hydrogen-bond donors (Lipinski definition) is 2. The predicted octanol–water partition coefficient (Wildman–Crippen LogP) is 2.59. The minimum atomic E-state index is -0.221. The van der Waals surface area contributed by atoms with Gasteiger partial charge in [-0.1, -0.05) is 17.3 Å². The van der Waals surface area contributed by atoms with Gasteiger partial charge in [0.2, 0.25) is 0 Å². The van der Waals surface area contributed by atoms with Crippen molar-refractivity contribution in [3.05, 3.63) is 29.3 Å². The predicted molar refractivity (Wildman–Crippen MR) is 75.5 cm³/mol. The second-order valence-electron chi connectivity index (χ2n) is 4.91. The van der Waals surface area contributed by atoms with Crippen molar-refractivity contribution >= 4 is 17.4 Å². The van der Waals surface area contributed by atoms with E-state index in [9.17, 15) is 4.79 Å². The zero-order chi connectivity index (χ0) is 13.8. The van der Waals surface area contributed by atoms with Crippen LogP contribution in [0.25, 0.3) is 0 Å². The highest BCUT2D eigenvalue weighted by molar-refractivity contribution is 5.90. The molecule has 19 heavy (non-hydrogen) atoms. The van der Waals surface area contributed by atoms with Crippen LogP contribution in [-0.2, 0) is 4.84 Å².